The van der Waals surface area contributed by atoms with Crippen LogP contribution in [0, 0.1) is 6.92 Å². The molecule has 0 saturated carbocycles. The molecule has 4 nitrogen and oxygen atoms in total. The van der Waals surface area contributed by atoms with Gasteiger partial charge in [-0.15, -0.1) is 11.3 Å². The molecule has 3 rings (SSSR count). The third kappa shape index (κ3) is 4.28. The predicted octanol–water partition coefficient (Wildman–Crippen LogP) is 4.85. The van der Waals surface area contributed by atoms with Gasteiger partial charge in [-0.3, -0.25) is 4.79 Å². The molecular formula is C21H20O4S2. The monoisotopic (exact) mass is 400 g/mol. The number of Topliss-reactive ketones (excluding diaryl/α,β-unsaturated/α-hetero) is 1. The van der Waals surface area contributed by atoms with Crippen molar-refractivity contribution in [2.45, 2.75) is 23.5 Å². The van der Waals surface area contributed by atoms with Crippen LogP contribution in [-0.4, -0.2) is 21.3 Å². The quantitative estimate of drug-likeness (QED) is 0.532. The Balaban J connectivity index is 1.94. The van der Waals surface area contributed by atoms with Gasteiger partial charge in [0.15, 0.2) is 15.6 Å². The van der Waals surface area contributed by atoms with Gasteiger partial charge in [-0.1, -0.05) is 23.8 Å². The second-order valence-electron chi connectivity index (χ2n) is 6.22. The van der Waals surface area contributed by atoms with Crippen LogP contribution in [0.15, 0.2) is 70.9 Å². The van der Waals surface area contributed by atoms with E-state index in [2.05, 4.69) is 0 Å². The van der Waals surface area contributed by atoms with E-state index < -0.39 is 15.1 Å². The number of thiophene rings is 1. The van der Waals surface area contributed by atoms with Crippen LogP contribution in [-0.2, 0) is 9.84 Å². The number of hydrogen-bond acceptors (Lipinski definition) is 5. The molecule has 0 unspecified atom stereocenters. The minimum atomic E-state index is -3.69. The molecule has 1 atom stereocenters. The molecule has 0 N–H and O–H groups in total. The second-order valence-corrected chi connectivity index (χ2v) is 9.33. The number of rotatable bonds is 7. The standard InChI is InChI=1S/C21H20O4S2/c1-15-5-11-18(12-6-15)27(23,24)21(20-4-3-13-26-20)14-19(22)16-7-9-17(25-2)10-8-16/h3-13,21H,14H2,1-2H3/t21-/m0/s1. The van der Waals surface area contributed by atoms with Crippen LogP contribution in [0.3, 0.4) is 0 Å². The maximum absolute atomic E-state index is 13.2. The molecule has 0 amide bonds. The van der Waals surface area contributed by atoms with E-state index in [0.29, 0.717) is 16.2 Å². The third-order valence-corrected chi connectivity index (χ3v) is 7.60. The van der Waals surface area contributed by atoms with Gasteiger partial charge in [-0.05, 0) is 54.8 Å². The molecule has 1 aromatic heterocycles. The highest BCUT2D eigenvalue weighted by molar-refractivity contribution is 7.91. The van der Waals surface area contributed by atoms with Crippen molar-refractivity contribution >= 4 is 27.0 Å². The van der Waals surface area contributed by atoms with E-state index in [9.17, 15) is 13.2 Å². The van der Waals surface area contributed by atoms with Gasteiger partial charge in [0.1, 0.15) is 11.0 Å². The molecule has 0 bridgehead atoms. The van der Waals surface area contributed by atoms with Crippen molar-refractivity contribution in [2.24, 2.45) is 0 Å². The van der Waals surface area contributed by atoms with Crippen molar-refractivity contribution in [3.63, 3.8) is 0 Å². The zero-order valence-corrected chi connectivity index (χ0v) is 16.7. The molecule has 0 aliphatic heterocycles. The van der Waals surface area contributed by atoms with E-state index in [0.717, 1.165) is 5.56 Å². The number of ether oxygens (including phenoxy) is 1. The Bertz CT molecular complexity index is 1000. The summed E-state index contributed by atoms with van der Waals surface area (Å²) in [6, 6.07) is 17.0. The summed E-state index contributed by atoms with van der Waals surface area (Å²) in [6.45, 7) is 1.90. The average Bonchev–Trinajstić information content (AvgIpc) is 3.20. The van der Waals surface area contributed by atoms with Crippen molar-refractivity contribution in [1.82, 2.24) is 0 Å². The van der Waals surface area contributed by atoms with Crippen LogP contribution in [0.4, 0.5) is 0 Å². The van der Waals surface area contributed by atoms with Crippen molar-refractivity contribution < 1.29 is 17.9 Å². The molecule has 0 spiro atoms. The van der Waals surface area contributed by atoms with E-state index in [1.165, 1.54) is 11.3 Å². The number of carbonyl (C=O) groups excluding carboxylic acids is 1. The average molecular weight is 401 g/mol. The van der Waals surface area contributed by atoms with Gasteiger partial charge in [-0.2, -0.15) is 0 Å². The molecule has 27 heavy (non-hydrogen) atoms. The van der Waals surface area contributed by atoms with Crippen LogP contribution in [0.1, 0.15) is 32.5 Å². The number of ketones is 1. The summed E-state index contributed by atoms with van der Waals surface area (Å²) in [5.41, 5.74) is 1.45. The van der Waals surface area contributed by atoms with E-state index >= 15 is 0 Å². The second kappa shape index (κ2) is 8.06. The fraction of sp³-hybridized carbons (Fsp3) is 0.190. The van der Waals surface area contributed by atoms with E-state index in [1.54, 1.807) is 67.8 Å². The Hall–Kier alpha value is -2.44. The van der Waals surface area contributed by atoms with Crippen LogP contribution >= 0.6 is 11.3 Å². The highest BCUT2D eigenvalue weighted by atomic mass is 32.2. The minimum Gasteiger partial charge on any atom is -0.497 e. The summed E-state index contributed by atoms with van der Waals surface area (Å²) in [7, 11) is -2.14. The molecule has 0 radical (unpaired) electrons. The Morgan fingerprint density at radius 3 is 2.26 bits per heavy atom. The lowest BCUT2D eigenvalue weighted by Crippen LogP contribution is -2.17. The summed E-state index contributed by atoms with van der Waals surface area (Å²) in [5, 5.41) is 0.917. The number of hydrogen-bond donors (Lipinski definition) is 0. The van der Waals surface area contributed by atoms with Gasteiger partial charge in [0, 0.05) is 16.9 Å². The number of sulfone groups is 1. The predicted molar refractivity (Wildman–Crippen MR) is 107 cm³/mol. The topological polar surface area (TPSA) is 60.4 Å². The summed E-state index contributed by atoms with van der Waals surface area (Å²) >= 11 is 1.35. The van der Waals surface area contributed by atoms with E-state index in [-0.39, 0.29) is 17.1 Å². The zero-order chi connectivity index (χ0) is 19.4. The first kappa shape index (κ1) is 19.3. The van der Waals surface area contributed by atoms with Gasteiger partial charge in [0.25, 0.3) is 0 Å². The number of methoxy groups -OCH3 is 1. The molecule has 1 heterocycles. The molecule has 6 heteroatoms. The van der Waals surface area contributed by atoms with Crippen LogP contribution in [0.2, 0.25) is 0 Å². The van der Waals surface area contributed by atoms with Crippen molar-refractivity contribution in [3.05, 3.63) is 82.0 Å². The van der Waals surface area contributed by atoms with Crippen LogP contribution < -0.4 is 4.74 Å². The van der Waals surface area contributed by atoms with Gasteiger partial charge in [-0.25, -0.2) is 8.42 Å². The third-order valence-electron chi connectivity index (χ3n) is 4.37. The fourth-order valence-electron chi connectivity index (χ4n) is 2.79. The fourth-order valence-corrected chi connectivity index (χ4v) is 5.65. The number of aryl methyl sites for hydroxylation is 1. The summed E-state index contributed by atoms with van der Waals surface area (Å²) in [4.78, 5) is 13.7. The zero-order valence-electron chi connectivity index (χ0n) is 15.1. The first-order valence-corrected chi connectivity index (χ1v) is 10.9. The molecule has 140 valence electrons. The Morgan fingerprint density at radius 2 is 1.70 bits per heavy atom. The van der Waals surface area contributed by atoms with Crippen molar-refractivity contribution in [2.75, 3.05) is 7.11 Å². The minimum absolute atomic E-state index is 0.108. The van der Waals surface area contributed by atoms with Gasteiger partial charge < -0.3 is 4.74 Å². The highest BCUT2D eigenvalue weighted by Crippen LogP contribution is 2.35. The first-order chi connectivity index (χ1) is 12.9. The van der Waals surface area contributed by atoms with Crippen molar-refractivity contribution in [3.8, 4) is 5.75 Å². The molecule has 2 aromatic carbocycles. The van der Waals surface area contributed by atoms with Gasteiger partial charge in [0.2, 0.25) is 0 Å². The molecular weight excluding hydrogens is 380 g/mol. The maximum Gasteiger partial charge on any atom is 0.186 e. The highest BCUT2D eigenvalue weighted by Gasteiger charge is 2.32. The van der Waals surface area contributed by atoms with Gasteiger partial charge in [0.05, 0.1) is 12.0 Å². The maximum atomic E-state index is 13.2. The van der Waals surface area contributed by atoms with Crippen LogP contribution in [0.5, 0.6) is 5.75 Å². The normalized spacial score (nSPS) is 12.5. The van der Waals surface area contributed by atoms with E-state index in [1.807, 2.05) is 12.3 Å². The Labute approximate surface area is 163 Å². The first-order valence-electron chi connectivity index (χ1n) is 8.43. The molecule has 0 aliphatic carbocycles. The molecule has 0 fully saturated rings. The van der Waals surface area contributed by atoms with Gasteiger partial charge >= 0.3 is 0 Å². The lowest BCUT2D eigenvalue weighted by atomic mass is 10.1. The lowest BCUT2D eigenvalue weighted by Gasteiger charge is -2.16. The SMILES string of the molecule is COc1ccc(C(=O)C[C@@H](c2cccs2)S(=O)(=O)c2ccc(C)cc2)cc1. The largest absolute Gasteiger partial charge is 0.497 e. The summed E-state index contributed by atoms with van der Waals surface area (Å²) in [5.74, 6) is 0.431. The summed E-state index contributed by atoms with van der Waals surface area (Å²) < 4.78 is 31.6. The summed E-state index contributed by atoms with van der Waals surface area (Å²) in [6.07, 6.45) is -0.108. The smallest absolute Gasteiger partial charge is 0.186 e. The number of carbonyl (C=O) groups is 1. The molecule has 0 saturated heterocycles. The number of benzene rings is 2. The Morgan fingerprint density at radius 1 is 1.04 bits per heavy atom. The van der Waals surface area contributed by atoms with Crippen molar-refractivity contribution in [1.29, 1.82) is 0 Å². The van der Waals surface area contributed by atoms with E-state index in [4.69, 9.17) is 4.74 Å². The Kier molecular flexibility index (Phi) is 5.77. The van der Waals surface area contributed by atoms with Crippen LogP contribution in [0.25, 0.3) is 0 Å². The molecule has 3 aromatic rings. The lowest BCUT2D eigenvalue weighted by molar-refractivity contribution is 0.0981. The molecule has 0 aliphatic rings.